The van der Waals surface area contributed by atoms with Gasteiger partial charge in [-0.3, -0.25) is 19.3 Å². The SMILES string of the molecule is COC(=O)Cc1csc(NC(=O)CSc2nnc(N(C(C)=O)C3CC3)s2)n1. The van der Waals surface area contributed by atoms with Crippen LogP contribution in [0.25, 0.3) is 0 Å². The molecule has 0 saturated heterocycles. The van der Waals surface area contributed by atoms with Crippen LogP contribution in [0.15, 0.2) is 9.72 Å². The third-order valence-electron chi connectivity index (χ3n) is 3.53. The van der Waals surface area contributed by atoms with Crippen LogP contribution in [0, 0.1) is 0 Å². The van der Waals surface area contributed by atoms with Gasteiger partial charge in [0.25, 0.3) is 0 Å². The Labute approximate surface area is 167 Å². The van der Waals surface area contributed by atoms with Crippen LogP contribution in [0.2, 0.25) is 0 Å². The molecule has 3 rings (SSSR count). The number of hydrogen-bond donors (Lipinski definition) is 1. The Kier molecular flexibility index (Phi) is 6.39. The van der Waals surface area contributed by atoms with Crippen molar-refractivity contribution in [2.75, 3.05) is 23.1 Å². The van der Waals surface area contributed by atoms with E-state index in [9.17, 15) is 14.4 Å². The average Bonchev–Trinajstić information content (AvgIpc) is 3.17. The van der Waals surface area contributed by atoms with E-state index >= 15 is 0 Å². The van der Waals surface area contributed by atoms with Crippen molar-refractivity contribution in [3.63, 3.8) is 0 Å². The Morgan fingerprint density at radius 3 is 2.81 bits per heavy atom. The molecule has 27 heavy (non-hydrogen) atoms. The molecular formula is C15H17N5O4S3. The van der Waals surface area contributed by atoms with E-state index in [1.54, 1.807) is 10.3 Å². The lowest BCUT2D eigenvalue weighted by molar-refractivity contribution is -0.139. The molecule has 1 saturated carbocycles. The summed E-state index contributed by atoms with van der Waals surface area (Å²) < 4.78 is 5.21. The van der Waals surface area contributed by atoms with E-state index in [1.165, 1.54) is 48.5 Å². The Bertz CT molecular complexity index is 848. The minimum Gasteiger partial charge on any atom is -0.469 e. The van der Waals surface area contributed by atoms with E-state index in [2.05, 4.69) is 25.2 Å². The van der Waals surface area contributed by atoms with E-state index in [-0.39, 0.29) is 36.0 Å². The summed E-state index contributed by atoms with van der Waals surface area (Å²) in [5, 5.41) is 13.5. The minimum atomic E-state index is -0.383. The van der Waals surface area contributed by atoms with Crippen LogP contribution in [0.4, 0.5) is 10.3 Å². The molecule has 0 spiro atoms. The molecular weight excluding hydrogens is 410 g/mol. The lowest BCUT2D eigenvalue weighted by Gasteiger charge is -2.15. The van der Waals surface area contributed by atoms with Gasteiger partial charge in [0.15, 0.2) is 9.47 Å². The van der Waals surface area contributed by atoms with Crippen LogP contribution in [0.1, 0.15) is 25.5 Å². The van der Waals surface area contributed by atoms with Crippen molar-refractivity contribution < 1.29 is 19.1 Å². The minimum absolute atomic E-state index is 0.0468. The number of carbonyl (C=O) groups excluding carboxylic acids is 3. The number of carbonyl (C=O) groups is 3. The van der Waals surface area contributed by atoms with Gasteiger partial charge in [0.2, 0.25) is 16.9 Å². The molecule has 1 aliphatic rings. The number of ether oxygens (including phenoxy) is 1. The molecule has 2 heterocycles. The second-order valence-corrected chi connectivity index (χ2v) is 8.74. The summed E-state index contributed by atoms with van der Waals surface area (Å²) in [6, 6.07) is 0.223. The average molecular weight is 428 g/mol. The zero-order chi connectivity index (χ0) is 19.4. The van der Waals surface area contributed by atoms with Crippen LogP contribution in [0.3, 0.4) is 0 Å². The maximum absolute atomic E-state index is 12.1. The number of rotatable bonds is 8. The summed E-state index contributed by atoms with van der Waals surface area (Å²) in [4.78, 5) is 40.9. The molecule has 0 aliphatic heterocycles. The molecule has 1 fully saturated rings. The summed E-state index contributed by atoms with van der Waals surface area (Å²) in [5.41, 5.74) is 0.549. The number of esters is 1. The Morgan fingerprint density at radius 2 is 2.15 bits per heavy atom. The van der Waals surface area contributed by atoms with E-state index in [1.807, 2.05) is 0 Å². The van der Waals surface area contributed by atoms with Crippen molar-refractivity contribution in [2.45, 2.75) is 36.6 Å². The molecule has 2 aromatic rings. The Hall–Kier alpha value is -2.05. The summed E-state index contributed by atoms with van der Waals surface area (Å²) in [5.74, 6) is -0.522. The lowest BCUT2D eigenvalue weighted by Crippen LogP contribution is -2.30. The smallest absolute Gasteiger partial charge is 0.311 e. The van der Waals surface area contributed by atoms with Crippen LogP contribution >= 0.6 is 34.4 Å². The maximum atomic E-state index is 12.1. The lowest BCUT2D eigenvalue weighted by atomic mass is 10.3. The molecule has 1 N–H and O–H groups in total. The van der Waals surface area contributed by atoms with Gasteiger partial charge in [-0.05, 0) is 12.8 Å². The number of amides is 2. The zero-order valence-electron chi connectivity index (χ0n) is 14.6. The molecule has 1 aliphatic carbocycles. The van der Waals surface area contributed by atoms with E-state index in [0.29, 0.717) is 20.3 Å². The van der Waals surface area contributed by atoms with Crippen molar-refractivity contribution >= 4 is 62.5 Å². The van der Waals surface area contributed by atoms with E-state index < -0.39 is 0 Å². The standard InChI is InChI=1S/C15H17N5O4S3/c1-8(21)20(10-3-4-10)14-18-19-15(27-14)26-7-11(22)17-13-16-9(6-25-13)5-12(23)24-2/h6,10H,3-5,7H2,1-2H3,(H,16,17,22). The van der Waals surface area contributed by atoms with Gasteiger partial charge in [0.05, 0.1) is 25.0 Å². The Morgan fingerprint density at radius 1 is 1.37 bits per heavy atom. The second kappa shape index (κ2) is 8.76. The molecule has 0 bridgehead atoms. The largest absolute Gasteiger partial charge is 0.469 e. The highest BCUT2D eigenvalue weighted by molar-refractivity contribution is 8.01. The highest BCUT2D eigenvalue weighted by Crippen LogP contribution is 2.35. The molecule has 0 radical (unpaired) electrons. The van der Waals surface area contributed by atoms with Gasteiger partial charge in [-0.2, -0.15) is 0 Å². The first-order chi connectivity index (χ1) is 13.0. The molecule has 12 heteroatoms. The number of aromatic nitrogens is 3. The summed E-state index contributed by atoms with van der Waals surface area (Å²) in [7, 11) is 1.31. The van der Waals surface area contributed by atoms with Crippen LogP contribution < -0.4 is 10.2 Å². The number of thiazole rings is 1. The topological polar surface area (TPSA) is 114 Å². The summed E-state index contributed by atoms with van der Waals surface area (Å²) in [6.07, 6.45) is 2.03. The molecule has 0 atom stereocenters. The first-order valence-electron chi connectivity index (χ1n) is 8.03. The third kappa shape index (κ3) is 5.47. The molecule has 0 aromatic carbocycles. The van der Waals surface area contributed by atoms with Crippen LogP contribution in [0.5, 0.6) is 0 Å². The zero-order valence-corrected chi connectivity index (χ0v) is 17.1. The fraction of sp³-hybridized carbons (Fsp3) is 0.467. The van der Waals surface area contributed by atoms with E-state index in [0.717, 1.165) is 12.8 Å². The molecule has 9 nitrogen and oxygen atoms in total. The summed E-state index contributed by atoms with van der Waals surface area (Å²) >= 11 is 3.79. The fourth-order valence-corrected chi connectivity index (χ4v) is 4.67. The molecule has 0 unspecified atom stereocenters. The van der Waals surface area contributed by atoms with Gasteiger partial charge in [-0.25, -0.2) is 4.98 Å². The van der Waals surface area contributed by atoms with Crippen molar-refractivity contribution in [2.24, 2.45) is 0 Å². The van der Waals surface area contributed by atoms with Crippen molar-refractivity contribution in [3.8, 4) is 0 Å². The number of nitrogens with zero attached hydrogens (tertiary/aromatic N) is 4. The van der Waals surface area contributed by atoms with Crippen molar-refractivity contribution in [3.05, 3.63) is 11.1 Å². The van der Waals surface area contributed by atoms with Gasteiger partial charge < -0.3 is 10.1 Å². The highest BCUT2D eigenvalue weighted by atomic mass is 32.2. The Balaban J connectivity index is 1.49. The molecule has 2 aromatic heterocycles. The number of anilines is 2. The fourth-order valence-electron chi connectivity index (χ4n) is 2.19. The second-order valence-electron chi connectivity index (χ2n) is 5.70. The first-order valence-corrected chi connectivity index (χ1v) is 10.7. The predicted molar refractivity (Wildman–Crippen MR) is 103 cm³/mol. The van der Waals surface area contributed by atoms with Crippen LogP contribution in [-0.2, 0) is 25.5 Å². The quantitative estimate of drug-likeness (QED) is 0.386. The normalized spacial score (nSPS) is 13.3. The number of methoxy groups -OCH3 is 1. The van der Waals surface area contributed by atoms with Crippen molar-refractivity contribution in [1.82, 2.24) is 15.2 Å². The first kappa shape index (κ1) is 19.7. The van der Waals surface area contributed by atoms with Gasteiger partial charge in [0, 0.05) is 18.3 Å². The van der Waals surface area contributed by atoms with Crippen molar-refractivity contribution in [1.29, 1.82) is 0 Å². The molecule has 2 amide bonds. The van der Waals surface area contributed by atoms with Gasteiger partial charge in [-0.15, -0.1) is 21.5 Å². The van der Waals surface area contributed by atoms with E-state index in [4.69, 9.17) is 0 Å². The number of thioether (sulfide) groups is 1. The molecule has 144 valence electrons. The third-order valence-corrected chi connectivity index (χ3v) is 6.39. The predicted octanol–water partition coefficient (Wildman–Crippen LogP) is 1.96. The van der Waals surface area contributed by atoms with Gasteiger partial charge in [-0.1, -0.05) is 23.1 Å². The highest BCUT2D eigenvalue weighted by Gasteiger charge is 2.34. The van der Waals surface area contributed by atoms with Crippen LogP contribution in [-0.4, -0.2) is 51.9 Å². The number of hydrogen-bond acceptors (Lipinski definition) is 10. The maximum Gasteiger partial charge on any atom is 0.311 e. The number of nitrogens with one attached hydrogen (secondary N) is 1. The summed E-state index contributed by atoms with van der Waals surface area (Å²) in [6.45, 7) is 1.52. The van der Waals surface area contributed by atoms with Gasteiger partial charge >= 0.3 is 5.97 Å². The van der Waals surface area contributed by atoms with Gasteiger partial charge in [0.1, 0.15) is 0 Å². The monoisotopic (exact) mass is 427 g/mol.